The van der Waals surface area contributed by atoms with Crippen LogP contribution in [-0.2, 0) is 4.79 Å². The van der Waals surface area contributed by atoms with Gasteiger partial charge in [0.2, 0.25) is 0 Å². The van der Waals surface area contributed by atoms with Crippen LogP contribution in [0.25, 0.3) is 22.3 Å². The van der Waals surface area contributed by atoms with Gasteiger partial charge in [-0.3, -0.25) is 9.59 Å². The Balaban J connectivity index is 1.77. The van der Waals surface area contributed by atoms with Gasteiger partial charge in [0.15, 0.2) is 11.0 Å². The largest absolute Gasteiger partial charge is 0.507 e. The number of hydrogen-bond donors (Lipinski definition) is 2. The highest BCUT2D eigenvalue weighted by Gasteiger charge is 2.36. The second-order valence-corrected chi connectivity index (χ2v) is 7.40. The number of fused-ring (bicyclic) bond motifs is 1. The molecule has 4 rings (SSSR count). The van der Waals surface area contributed by atoms with Gasteiger partial charge in [-0.1, -0.05) is 17.7 Å². The number of phenols is 1. The molecule has 0 radical (unpaired) electrons. The molecule has 0 unspecified atom stereocenters. The molecule has 7 heteroatoms. The Morgan fingerprint density at radius 3 is 2.68 bits per heavy atom. The molecule has 1 fully saturated rings. The third-order valence-corrected chi connectivity index (χ3v) is 5.25. The Morgan fingerprint density at radius 1 is 1.21 bits per heavy atom. The van der Waals surface area contributed by atoms with Gasteiger partial charge in [-0.25, -0.2) is 0 Å². The summed E-state index contributed by atoms with van der Waals surface area (Å²) in [7, 11) is 0. The number of aryl methyl sites for hydroxylation is 1. The van der Waals surface area contributed by atoms with E-state index in [-0.39, 0.29) is 33.6 Å². The average Bonchev–Trinajstić information content (AvgIpc) is 2.60. The standard InChI is InChI=1S/C21H17ClO6/c1-10-2-3-13(17(6-10)27-12-7-11(8-12)21(25)26)18-9-16(24)19-15(23)5-4-14(22)20(19)28-18/h2-6,9,11-12,23H,7-8H2,1H3,(H,25,26)/t11-,12+. The number of ether oxygens (including phenoxy) is 1. The smallest absolute Gasteiger partial charge is 0.306 e. The van der Waals surface area contributed by atoms with Crippen LogP contribution in [0.5, 0.6) is 11.5 Å². The molecular weight excluding hydrogens is 384 g/mol. The highest BCUT2D eigenvalue weighted by Crippen LogP contribution is 2.38. The Morgan fingerprint density at radius 2 is 1.96 bits per heavy atom. The highest BCUT2D eigenvalue weighted by molar-refractivity contribution is 6.35. The summed E-state index contributed by atoms with van der Waals surface area (Å²) in [5.74, 6) is -0.645. The van der Waals surface area contributed by atoms with Crippen molar-refractivity contribution < 1.29 is 24.2 Å². The second-order valence-electron chi connectivity index (χ2n) is 6.99. The fourth-order valence-corrected chi connectivity index (χ4v) is 3.52. The molecule has 0 saturated heterocycles. The topological polar surface area (TPSA) is 97.0 Å². The number of phenolic OH excluding ortho intramolecular Hbond substituents is 1. The van der Waals surface area contributed by atoms with E-state index >= 15 is 0 Å². The maximum atomic E-state index is 12.5. The molecule has 6 nitrogen and oxygen atoms in total. The molecule has 28 heavy (non-hydrogen) atoms. The van der Waals surface area contributed by atoms with Gasteiger partial charge in [0.1, 0.15) is 28.7 Å². The van der Waals surface area contributed by atoms with E-state index in [4.69, 9.17) is 25.9 Å². The highest BCUT2D eigenvalue weighted by atomic mass is 35.5. The van der Waals surface area contributed by atoms with Gasteiger partial charge >= 0.3 is 5.97 Å². The van der Waals surface area contributed by atoms with Crippen molar-refractivity contribution in [3.63, 3.8) is 0 Å². The van der Waals surface area contributed by atoms with Crippen molar-refractivity contribution in [1.82, 2.24) is 0 Å². The molecule has 144 valence electrons. The summed E-state index contributed by atoms with van der Waals surface area (Å²) in [6.45, 7) is 1.91. The lowest BCUT2D eigenvalue weighted by molar-refractivity contribution is -0.147. The first-order valence-corrected chi connectivity index (χ1v) is 9.17. The lowest BCUT2D eigenvalue weighted by Crippen LogP contribution is -2.38. The third-order valence-electron chi connectivity index (χ3n) is 4.95. The normalized spacial score (nSPS) is 18.6. The number of aliphatic carboxylic acids is 1. The third kappa shape index (κ3) is 3.20. The number of benzene rings is 2. The van der Waals surface area contributed by atoms with Crippen LogP contribution in [0.3, 0.4) is 0 Å². The maximum absolute atomic E-state index is 12.5. The van der Waals surface area contributed by atoms with E-state index in [1.807, 2.05) is 19.1 Å². The lowest BCUT2D eigenvalue weighted by atomic mass is 9.82. The van der Waals surface area contributed by atoms with Crippen LogP contribution in [-0.4, -0.2) is 22.3 Å². The lowest BCUT2D eigenvalue weighted by Gasteiger charge is -2.33. The molecule has 0 atom stereocenters. The van der Waals surface area contributed by atoms with Crippen LogP contribution in [0, 0.1) is 12.8 Å². The number of rotatable bonds is 4. The van der Waals surface area contributed by atoms with E-state index in [0.717, 1.165) is 5.56 Å². The Kier molecular flexibility index (Phi) is 4.51. The van der Waals surface area contributed by atoms with Gasteiger partial charge in [0.05, 0.1) is 16.5 Å². The zero-order chi connectivity index (χ0) is 20.0. The molecule has 3 aromatic rings. The first-order valence-electron chi connectivity index (χ1n) is 8.79. The number of carboxylic acid groups (broad SMARTS) is 1. The quantitative estimate of drug-likeness (QED) is 0.675. The number of carbonyl (C=O) groups is 1. The Bertz CT molecular complexity index is 1140. The molecule has 0 bridgehead atoms. The van der Waals surface area contributed by atoms with Crippen LogP contribution in [0.15, 0.2) is 45.6 Å². The van der Waals surface area contributed by atoms with Gasteiger partial charge in [-0.05, 0) is 49.6 Å². The van der Waals surface area contributed by atoms with E-state index < -0.39 is 17.3 Å². The zero-order valence-corrected chi connectivity index (χ0v) is 15.7. The number of halogens is 1. The van der Waals surface area contributed by atoms with Crippen molar-refractivity contribution >= 4 is 28.5 Å². The molecule has 1 heterocycles. The summed E-state index contributed by atoms with van der Waals surface area (Å²) in [6.07, 6.45) is 0.662. The zero-order valence-electron chi connectivity index (χ0n) is 14.9. The summed E-state index contributed by atoms with van der Waals surface area (Å²) in [4.78, 5) is 23.6. The average molecular weight is 401 g/mol. The van der Waals surface area contributed by atoms with Gasteiger partial charge in [0.25, 0.3) is 0 Å². The summed E-state index contributed by atoms with van der Waals surface area (Å²) in [5.41, 5.74) is 1.19. The molecule has 0 spiro atoms. The molecule has 0 amide bonds. The predicted molar refractivity (Wildman–Crippen MR) is 104 cm³/mol. The van der Waals surface area contributed by atoms with Crippen molar-refractivity contribution in [3.05, 3.63) is 57.2 Å². The van der Waals surface area contributed by atoms with Crippen LogP contribution in [0.1, 0.15) is 18.4 Å². The predicted octanol–water partition coefficient (Wildman–Crippen LogP) is 4.37. The molecule has 2 N–H and O–H groups in total. The molecule has 1 aromatic heterocycles. The van der Waals surface area contributed by atoms with Crippen LogP contribution < -0.4 is 10.2 Å². The van der Waals surface area contributed by atoms with E-state index in [1.54, 1.807) is 6.07 Å². The minimum absolute atomic E-state index is 0.0223. The van der Waals surface area contributed by atoms with E-state index in [9.17, 15) is 14.7 Å². The fraction of sp³-hybridized carbons (Fsp3) is 0.238. The van der Waals surface area contributed by atoms with Crippen LogP contribution in [0.4, 0.5) is 0 Å². The Hall–Kier alpha value is -2.99. The monoisotopic (exact) mass is 400 g/mol. The number of hydrogen-bond acceptors (Lipinski definition) is 5. The van der Waals surface area contributed by atoms with Gasteiger partial charge in [0, 0.05) is 6.07 Å². The molecule has 1 aliphatic carbocycles. The van der Waals surface area contributed by atoms with Gasteiger partial charge < -0.3 is 19.4 Å². The molecule has 1 saturated carbocycles. The molecule has 2 aromatic carbocycles. The van der Waals surface area contributed by atoms with Crippen molar-refractivity contribution in [2.24, 2.45) is 5.92 Å². The molecule has 0 aliphatic heterocycles. The van der Waals surface area contributed by atoms with Crippen LogP contribution >= 0.6 is 11.6 Å². The summed E-state index contributed by atoms with van der Waals surface area (Å²) < 4.78 is 11.8. The summed E-state index contributed by atoms with van der Waals surface area (Å²) in [6, 6.07) is 9.54. The van der Waals surface area contributed by atoms with Crippen molar-refractivity contribution in [1.29, 1.82) is 0 Å². The van der Waals surface area contributed by atoms with Crippen molar-refractivity contribution in [2.75, 3.05) is 0 Å². The van der Waals surface area contributed by atoms with Crippen molar-refractivity contribution in [3.8, 4) is 22.8 Å². The van der Waals surface area contributed by atoms with Gasteiger partial charge in [-0.15, -0.1) is 0 Å². The first kappa shape index (κ1) is 18.4. The summed E-state index contributed by atoms with van der Waals surface area (Å²) >= 11 is 6.16. The van der Waals surface area contributed by atoms with E-state index in [2.05, 4.69) is 0 Å². The minimum atomic E-state index is -0.820. The number of carboxylic acids is 1. The fourth-order valence-electron chi connectivity index (χ4n) is 3.32. The van der Waals surface area contributed by atoms with E-state index in [0.29, 0.717) is 24.2 Å². The van der Waals surface area contributed by atoms with Gasteiger partial charge in [-0.2, -0.15) is 0 Å². The first-order chi connectivity index (χ1) is 13.3. The second kappa shape index (κ2) is 6.87. The minimum Gasteiger partial charge on any atom is -0.507 e. The Labute approximate surface area is 164 Å². The summed E-state index contributed by atoms with van der Waals surface area (Å²) in [5, 5.41) is 19.2. The van der Waals surface area contributed by atoms with Crippen LogP contribution in [0.2, 0.25) is 5.02 Å². The molecular formula is C21H17ClO6. The maximum Gasteiger partial charge on any atom is 0.306 e. The van der Waals surface area contributed by atoms with E-state index in [1.165, 1.54) is 18.2 Å². The SMILES string of the molecule is Cc1ccc(-c2cc(=O)c3c(O)ccc(Cl)c3o2)c(O[C@H]2C[C@@H](C(=O)O)C2)c1. The molecule has 1 aliphatic rings. The van der Waals surface area contributed by atoms with Crippen molar-refractivity contribution in [2.45, 2.75) is 25.9 Å². The number of aromatic hydroxyl groups is 1.